The van der Waals surface area contributed by atoms with Gasteiger partial charge < -0.3 is 10.6 Å². The zero-order valence-electron chi connectivity index (χ0n) is 7.87. The molecule has 0 unspecified atom stereocenters. The average Bonchev–Trinajstić information content (AvgIpc) is 2.19. The van der Waals surface area contributed by atoms with Gasteiger partial charge in [0.05, 0.1) is 11.4 Å². The molecule has 14 heavy (non-hydrogen) atoms. The molecule has 1 saturated heterocycles. The molecule has 0 radical (unpaired) electrons. The highest BCUT2D eigenvalue weighted by molar-refractivity contribution is 7.99. The maximum absolute atomic E-state index is 5.92. The third kappa shape index (κ3) is 2.10. The molecular formula is C10H13ClN2S. The summed E-state index contributed by atoms with van der Waals surface area (Å²) in [6.45, 7) is 2.16. The van der Waals surface area contributed by atoms with Crippen molar-refractivity contribution in [2.75, 3.05) is 35.2 Å². The Morgan fingerprint density at radius 3 is 2.64 bits per heavy atom. The van der Waals surface area contributed by atoms with Gasteiger partial charge >= 0.3 is 0 Å². The first-order valence-electron chi connectivity index (χ1n) is 4.65. The van der Waals surface area contributed by atoms with Crippen LogP contribution in [0.3, 0.4) is 0 Å². The van der Waals surface area contributed by atoms with Gasteiger partial charge in [0.2, 0.25) is 0 Å². The molecule has 2 N–H and O–H groups in total. The van der Waals surface area contributed by atoms with Gasteiger partial charge in [-0.15, -0.1) is 0 Å². The van der Waals surface area contributed by atoms with Crippen molar-refractivity contribution in [3.8, 4) is 0 Å². The van der Waals surface area contributed by atoms with Crippen LogP contribution in [0.25, 0.3) is 0 Å². The summed E-state index contributed by atoms with van der Waals surface area (Å²) in [7, 11) is 0. The maximum atomic E-state index is 5.92. The number of hydrogen-bond donors (Lipinski definition) is 1. The van der Waals surface area contributed by atoms with Crippen molar-refractivity contribution in [1.29, 1.82) is 0 Å². The second-order valence-electron chi connectivity index (χ2n) is 3.30. The Morgan fingerprint density at radius 1 is 1.29 bits per heavy atom. The summed E-state index contributed by atoms with van der Waals surface area (Å²) in [6.07, 6.45) is 0. The van der Waals surface area contributed by atoms with Crippen LogP contribution in [0, 0.1) is 0 Å². The molecular weight excluding hydrogens is 216 g/mol. The van der Waals surface area contributed by atoms with E-state index < -0.39 is 0 Å². The minimum atomic E-state index is 0.706. The Morgan fingerprint density at radius 2 is 2.00 bits per heavy atom. The summed E-state index contributed by atoms with van der Waals surface area (Å²) in [5.74, 6) is 2.37. The Balaban J connectivity index is 2.22. The fourth-order valence-electron chi connectivity index (χ4n) is 1.62. The third-order valence-corrected chi connectivity index (χ3v) is 3.52. The first-order chi connectivity index (χ1) is 6.77. The number of rotatable bonds is 1. The van der Waals surface area contributed by atoms with E-state index in [-0.39, 0.29) is 0 Å². The minimum Gasteiger partial charge on any atom is -0.397 e. The Hall–Kier alpha value is -0.540. The number of hydrogen-bond acceptors (Lipinski definition) is 3. The Kier molecular flexibility index (Phi) is 3.08. The fraction of sp³-hybridized carbons (Fsp3) is 0.400. The highest BCUT2D eigenvalue weighted by Gasteiger charge is 2.13. The number of nitrogens with zero attached hydrogens (tertiary/aromatic N) is 1. The van der Waals surface area contributed by atoms with Crippen LogP contribution >= 0.6 is 23.4 Å². The molecule has 1 aliphatic heterocycles. The van der Waals surface area contributed by atoms with Gasteiger partial charge in [-0.2, -0.15) is 11.8 Å². The van der Waals surface area contributed by atoms with Crippen molar-refractivity contribution in [1.82, 2.24) is 0 Å². The van der Waals surface area contributed by atoms with Crippen LogP contribution in [0.4, 0.5) is 11.4 Å². The highest BCUT2D eigenvalue weighted by Crippen LogP contribution is 2.28. The molecule has 0 aliphatic carbocycles. The molecule has 1 aliphatic rings. The molecule has 2 rings (SSSR count). The Bertz CT molecular complexity index is 324. The second-order valence-corrected chi connectivity index (χ2v) is 4.96. The van der Waals surface area contributed by atoms with Gasteiger partial charge in [0, 0.05) is 29.6 Å². The van der Waals surface area contributed by atoms with Crippen molar-refractivity contribution < 1.29 is 0 Å². The quantitative estimate of drug-likeness (QED) is 0.749. The number of nitrogens with two attached hydrogens (primary N) is 1. The molecule has 1 heterocycles. The van der Waals surface area contributed by atoms with Crippen LogP contribution in [0.1, 0.15) is 0 Å². The normalized spacial score (nSPS) is 17.1. The summed E-state index contributed by atoms with van der Waals surface area (Å²) < 4.78 is 0. The lowest BCUT2D eigenvalue weighted by molar-refractivity contribution is 0.860. The predicted octanol–water partition coefficient (Wildman–Crippen LogP) is 2.48. The second kappa shape index (κ2) is 4.32. The summed E-state index contributed by atoms with van der Waals surface area (Å²) >= 11 is 7.85. The van der Waals surface area contributed by atoms with Crippen LogP contribution in [0.5, 0.6) is 0 Å². The SMILES string of the molecule is Nc1cc(Cl)ccc1N1CCSCC1. The van der Waals surface area contributed by atoms with Crippen molar-refractivity contribution >= 4 is 34.7 Å². The highest BCUT2D eigenvalue weighted by atomic mass is 35.5. The largest absolute Gasteiger partial charge is 0.397 e. The van der Waals surface area contributed by atoms with E-state index in [0.717, 1.165) is 24.5 Å². The van der Waals surface area contributed by atoms with Crippen molar-refractivity contribution in [2.24, 2.45) is 0 Å². The molecule has 1 aromatic carbocycles. The smallest absolute Gasteiger partial charge is 0.0601 e. The van der Waals surface area contributed by atoms with Gasteiger partial charge in [-0.25, -0.2) is 0 Å². The van der Waals surface area contributed by atoms with E-state index in [1.54, 1.807) is 0 Å². The maximum Gasteiger partial charge on any atom is 0.0601 e. The summed E-state index contributed by atoms with van der Waals surface area (Å²) in [6, 6.07) is 5.72. The van der Waals surface area contributed by atoms with Crippen LogP contribution in [0.15, 0.2) is 18.2 Å². The van der Waals surface area contributed by atoms with Crippen molar-refractivity contribution in [3.63, 3.8) is 0 Å². The number of halogens is 1. The van der Waals surface area contributed by atoms with Gasteiger partial charge in [0.15, 0.2) is 0 Å². The number of nitrogen functional groups attached to an aromatic ring is 1. The average molecular weight is 229 g/mol. The van der Waals surface area contributed by atoms with E-state index in [0.29, 0.717) is 5.02 Å². The Labute approximate surface area is 93.4 Å². The van der Waals surface area contributed by atoms with Gasteiger partial charge in [-0.1, -0.05) is 11.6 Å². The first kappa shape index (κ1) is 9.99. The molecule has 0 saturated carbocycles. The van der Waals surface area contributed by atoms with E-state index in [2.05, 4.69) is 4.90 Å². The van der Waals surface area contributed by atoms with Crippen molar-refractivity contribution in [2.45, 2.75) is 0 Å². The summed E-state index contributed by atoms with van der Waals surface area (Å²) in [4.78, 5) is 2.32. The van der Waals surface area contributed by atoms with Gasteiger partial charge in [-0.05, 0) is 18.2 Å². The lowest BCUT2D eigenvalue weighted by Gasteiger charge is -2.29. The van der Waals surface area contributed by atoms with E-state index in [4.69, 9.17) is 17.3 Å². The molecule has 2 nitrogen and oxygen atoms in total. The van der Waals surface area contributed by atoms with E-state index in [1.165, 1.54) is 11.5 Å². The lowest BCUT2D eigenvalue weighted by atomic mass is 10.2. The van der Waals surface area contributed by atoms with Crippen LogP contribution in [0.2, 0.25) is 5.02 Å². The molecule has 0 atom stereocenters. The number of benzene rings is 1. The summed E-state index contributed by atoms with van der Waals surface area (Å²) in [5.41, 5.74) is 7.82. The van der Waals surface area contributed by atoms with Crippen LogP contribution < -0.4 is 10.6 Å². The zero-order valence-corrected chi connectivity index (χ0v) is 9.44. The van der Waals surface area contributed by atoms with Crippen molar-refractivity contribution in [3.05, 3.63) is 23.2 Å². The third-order valence-electron chi connectivity index (χ3n) is 2.34. The van der Waals surface area contributed by atoms with Gasteiger partial charge in [0.25, 0.3) is 0 Å². The molecule has 0 spiro atoms. The fourth-order valence-corrected chi connectivity index (χ4v) is 2.70. The topological polar surface area (TPSA) is 29.3 Å². The molecule has 0 aromatic heterocycles. The van der Waals surface area contributed by atoms with E-state index in [9.17, 15) is 0 Å². The van der Waals surface area contributed by atoms with Crippen LogP contribution in [-0.4, -0.2) is 24.6 Å². The zero-order chi connectivity index (χ0) is 9.97. The number of anilines is 2. The molecule has 0 bridgehead atoms. The molecule has 1 aromatic rings. The number of thioether (sulfide) groups is 1. The van der Waals surface area contributed by atoms with Gasteiger partial charge in [-0.3, -0.25) is 0 Å². The van der Waals surface area contributed by atoms with E-state index in [1.807, 2.05) is 30.0 Å². The standard InChI is InChI=1S/C10H13ClN2S/c11-8-1-2-10(9(12)7-8)13-3-5-14-6-4-13/h1-2,7H,3-6,12H2. The molecule has 1 fully saturated rings. The first-order valence-corrected chi connectivity index (χ1v) is 6.18. The molecule has 0 amide bonds. The van der Waals surface area contributed by atoms with Gasteiger partial charge in [0.1, 0.15) is 0 Å². The molecule has 4 heteroatoms. The lowest BCUT2D eigenvalue weighted by Crippen LogP contribution is -2.32. The monoisotopic (exact) mass is 228 g/mol. The van der Waals surface area contributed by atoms with E-state index >= 15 is 0 Å². The molecule has 76 valence electrons. The minimum absolute atomic E-state index is 0.706. The van der Waals surface area contributed by atoms with Crippen LogP contribution in [-0.2, 0) is 0 Å². The summed E-state index contributed by atoms with van der Waals surface area (Å²) in [5, 5.41) is 0.706. The predicted molar refractivity (Wildman–Crippen MR) is 65.4 cm³/mol.